The molecule has 0 saturated heterocycles. The lowest BCUT2D eigenvalue weighted by molar-refractivity contribution is -0.170. The molecule has 0 aliphatic carbocycles. The number of rotatable bonds is 14. The zero-order valence-electron chi connectivity index (χ0n) is 18.9. The van der Waals surface area contributed by atoms with Gasteiger partial charge in [-0.15, -0.1) is 0 Å². The van der Waals surface area contributed by atoms with Crippen LogP contribution in [0.1, 0.15) is 79.1 Å². The maximum atomic E-state index is 10.3. The Morgan fingerprint density at radius 3 is 1.42 bits per heavy atom. The summed E-state index contributed by atoms with van der Waals surface area (Å²) in [5.41, 5.74) is -2.74. The average Bonchev–Trinajstić information content (AvgIpc) is 2.61. The molecule has 0 aromatic carbocycles. The highest BCUT2D eigenvalue weighted by atomic mass is 16.4. The Morgan fingerprint density at radius 1 is 0.774 bits per heavy atom. The van der Waals surface area contributed by atoms with Gasteiger partial charge < -0.3 is 30.6 Å². The van der Waals surface area contributed by atoms with Crippen molar-refractivity contribution in [2.75, 3.05) is 13.1 Å². The van der Waals surface area contributed by atoms with E-state index in [2.05, 4.69) is 6.92 Å². The molecule has 0 aliphatic heterocycles. The lowest BCUT2D eigenvalue weighted by Gasteiger charge is -2.20. The molecular formula is C20H39NO10. The number of nitrogens with zero attached hydrogens (tertiary/aromatic N) is 1. The summed E-state index contributed by atoms with van der Waals surface area (Å²) in [6.45, 7) is 9.86. The van der Waals surface area contributed by atoms with Crippen LogP contribution in [-0.4, -0.2) is 84.3 Å². The maximum Gasteiger partial charge on any atom is 0.336 e. The fourth-order valence-electron chi connectivity index (χ4n) is 2.35. The van der Waals surface area contributed by atoms with Crippen molar-refractivity contribution in [1.82, 2.24) is 4.90 Å². The Hall–Kier alpha value is -2.24. The summed E-state index contributed by atoms with van der Waals surface area (Å²) in [5, 5.41) is 51.0. The molecular weight excluding hydrogens is 414 g/mol. The second-order valence-corrected chi connectivity index (χ2v) is 6.89. The topological polar surface area (TPSA) is 193 Å². The molecule has 31 heavy (non-hydrogen) atoms. The number of aliphatic hydroxyl groups is 2. The van der Waals surface area contributed by atoms with E-state index in [1.807, 2.05) is 18.7 Å². The lowest BCUT2D eigenvalue weighted by Crippen LogP contribution is -2.42. The molecule has 0 aliphatic rings. The Bertz CT molecular complexity index is 502. The van der Waals surface area contributed by atoms with Crippen LogP contribution in [0.25, 0.3) is 0 Å². The van der Waals surface area contributed by atoms with Crippen molar-refractivity contribution in [3.05, 3.63) is 0 Å². The van der Waals surface area contributed by atoms with Gasteiger partial charge in [0.25, 0.3) is 0 Å². The average molecular weight is 454 g/mol. The molecule has 1 unspecified atom stereocenters. The Labute approximate surface area is 183 Å². The first-order valence-electron chi connectivity index (χ1n) is 10.3. The van der Waals surface area contributed by atoms with Gasteiger partial charge in [-0.2, -0.15) is 0 Å². The molecule has 0 spiro atoms. The highest BCUT2D eigenvalue weighted by molar-refractivity contribution is 5.88. The number of carboxylic acids is 4. The van der Waals surface area contributed by atoms with Gasteiger partial charge in [-0.1, -0.05) is 46.5 Å². The molecule has 0 amide bonds. The number of aliphatic carboxylic acids is 4. The van der Waals surface area contributed by atoms with Crippen LogP contribution in [0.3, 0.4) is 0 Å². The highest BCUT2D eigenvalue weighted by Crippen LogP contribution is 2.15. The van der Waals surface area contributed by atoms with Crippen LogP contribution in [0.5, 0.6) is 0 Å². The van der Waals surface area contributed by atoms with Gasteiger partial charge in [0, 0.05) is 6.42 Å². The molecule has 0 bridgehead atoms. The van der Waals surface area contributed by atoms with E-state index in [0.29, 0.717) is 6.42 Å². The number of carboxylic acid groups (broad SMARTS) is 4. The Morgan fingerprint density at radius 2 is 1.19 bits per heavy atom. The third-order valence-electron chi connectivity index (χ3n) is 4.12. The van der Waals surface area contributed by atoms with Crippen LogP contribution in [0, 0.1) is 0 Å². The van der Waals surface area contributed by atoms with E-state index in [-0.39, 0.29) is 6.23 Å². The zero-order valence-corrected chi connectivity index (χ0v) is 18.9. The molecule has 0 heterocycles. The van der Waals surface area contributed by atoms with E-state index >= 15 is 0 Å². The summed E-state index contributed by atoms with van der Waals surface area (Å²) in [5.74, 6) is -5.69. The van der Waals surface area contributed by atoms with Gasteiger partial charge in [0.15, 0.2) is 5.60 Å². The van der Waals surface area contributed by atoms with E-state index in [1.54, 1.807) is 6.92 Å². The highest BCUT2D eigenvalue weighted by Gasteiger charge is 2.40. The molecule has 6 N–H and O–H groups in total. The van der Waals surface area contributed by atoms with Gasteiger partial charge in [-0.3, -0.25) is 19.3 Å². The molecule has 0 aromatic heterocycles. The predicted octanol–water partition coefficient (Wildman–Crippen LogP) is 1.85. The number of aliphatic hydroxyl groups excluding tert-OH is 1. The summed E-state index contributed by atoms with van der Waals surface area (Å²) in [6, 6.07) is 0. The van der Waals surface area contributed by atoms with E-state index in [1.165, 1.54) is 19.3 Å². The van der Waals surface area contributed by atoms with Gasteiger partial charge in [-0.25, -0.2) is 4.79 Å². The van der Waals surface area contributed by atoms with E-state index in [0.717, 1.165) is 25.9 Å². The van der Waals surface area contributed by atoms with Crippen LogP contribution >= 0.6 is 0 Å². The maximum absolute atomic E-state index is 10.3. The number of hydrogen-bond acceptors (Lipinski definition) is 7. The standard InChI is InChI=1S/C8H16O2.C6H15NO.C6H8O7/c1-2-3-4-5-6-7-8(9)10;1-4-7(5-2)6(3)8;7-3(8)1-6(13,5(11)12)2-4(9)10/h2-7H2,1H3,(H,9,10);6,8H,4-5H2,1-3H3;13H,1-2H2,(H,7,8)(H,9,10)(H,11,12). The smallest absolute Gasteiger partial charge is 0.336 e. The van der Waals surface area contributed by atoms with Crippen LogP contribution in [0.2, 0.25) is 0 Å². The minimum absolute atomic E-state index is 0.287. The van der Waals surface area contributed by atoms with E-state index in [4.69, 9.17) is 30.6 Å². The number of unbranched alkanes of at least 4 members (excludes halogenated alkanes) is 4. The molecule has 1 atom stereocenters. The minimum atomic E-state index is -2.74. The molecule has 0 aromatic rings. The number of hydrogen-bond donors (Lipinski definition) is 6. The lowest BCUT2D eigenvalue weighted by atomic mass is 9.96. The fourth-order valence-corrected chi connectivity index (χ4v) is 2.35. The first kappa shape index (κ1) is 33.4. The zero-order chi connectivity index (χ0) is 25.0. The van der Waals surface area contributed by atoms with Crippen molar-refractivity contribution in [1.29, 1.82) is 0 Å². The van der Waals surface area contributed by atoms with Crippen LogP contribution in [0.15, 0.2) is 0 Å². The largest absolute Gasteiger partial charge is 0.481 e. The van der Waals surface area contributed by atoms with E-state index < -0.39 is 42.3 Å². The summed E-state index contributed by atoms with van der Waals surface area (Å²) in [7, 11) is 0. The summed E-state index contributed by atoms with van der Waals surface area (Å²) < 4.78 is 0. The van der Waals surface area contributed by atoms with Crippen LogP contribution < -0.4 is 0 Å². The molecule has 0 rings (SSSR count). The van der Waals surface area contributed by atoms with Crippen molar-refractivity contribution < 1.29 is 49.8 Å². The van der Waals surface area contributed by atoms with Crippen LogP contribution in [0.4, 0.5) is 0 Å². The van der Waals surface area contributed by atoms with Gasteiger partial charge in [0.2, 0.25) is 0 Å². The number of carbonyl (C=O) groups is 4. The second kappa shape index (κ2) is 19.7. The summed E-state index contributed by atoms with van der Waals surface area (Å²) in [4.78, 5) is 42.5. The quantitative estimate of drug-likeness (QED) is 0.166. The van der Waals surface area contributed by atoms with Gasteiger partial charge in [0.05, 0.1) is 12.8 Å². The SMILES string of the molecule is CCCCCCCC(=O)O.CCN(CC)C(C)O.O=C(O)CC(O)(CC(=O)O)C(=O)O. The third-order valence-corrected chi connectivity index (χ3v) is 4.12. The first-order chi connectivity index (χ1) is 14.3. The van der Waals surface area contributed by atoms with Crippen molar-refractivity contribution in [3.63, 3.8) is 0 Å². The summed E-state index contributed by atoms with van der Waals surface area (Å²) in [6.07, 6.45) is 3.31. The Balaban J connectivity index is -0.000000392. The molecule has 0 saturated carbocycles. The van der Waals surface area contributed by atoms with Crippen molar-refractivity contribution in [3.8, 4) is 0 Å². The van der Waals surface area contributed by atoms with Gasteiger partial charge >= 0.3 is 23.9 Å². The Kier molecular flexibility index (Phi) is 21.2. The molecule has 11 nitrogen and oxygen atoms in total. The minimum Gasteiger partial charge on any atom is -0.481 e. The van der Waals surface area contributed by atoms with Crippen LogP contribution in [-0.2, 0) is 19.2 Å². The molecule has 11 heteroatoms. The van der Waals surface area contributed by atoms with Crippen molar-refractivity contribution >= 4 is 23.9 Å². The third kappa shape index (κ3) is 22.3. The monoisotopic (exact) mass is 453 g/mol. The van der Waals surface area contributed by atoms with Crippen molar-refractivity contribution in [2.24, 2.45) is 0 Å². The van der Waals surface area contributed by atoms with Crippen molar-refractivity contribution in [2.45, 2.75) is 90.9 Å². The fraction of sp³-hybridized carbons (Fsp3) is 0.800. The normalized spacial score (nSPS) is 11.5. The van der Waals surface area contributed by atoms with Gasteiger partial charge in [-0.05, 0) is 26.4 Å². The molecule has 0 radical (unpaired) electrons. The second-order valence-electron chi connectivity index (χ2n) is 6.89. The first-order valence-corrected chi connectivity index (χ1v) is 10.3. The summed E-state index contributed by atoms with van der Waals surface area (Å²) >= 11 is 0. The molecule has 0 fully saturated rings. The predicted molar refractivity (Wildman–Crippen MR) is 113 cm³/mol. The van der Waals surface area contributed by atoms with E-state index in [9.17, 15) is 19.2 Å². The van der Waals surface area contributed by atoms with Gasteiger partial charge in [0.1, 0.15) is 6.23 Å². The molecule has 184 valence electrons.